The molecule has 0 aromatic heterocycles. The summed E-state index contributed by atoms with van der Waals surface area (Å²) in [6, 6.07) is 6.38. The molecular weight excluding hydrogens is 262 g/mol. The third-order valence-electron chi connectivity index (χ3n) is 3.19. The molecule has 1 aliphatic rings. The number of carbonyl (C=O) groups excluding carboxylic acids is 1. The highest BCUT2D eigenvalue weighted by Crippen LogP contribution is 2.27. The lowest BCUT2D eigenvalue weighted by molar-refractivity contribution is -0.119. The number of hydrogen-bond donors (Lipinski definition) is 3. The Morgan fingerprint density at radius 3 is 2.95 bits per heavy atom. The highest BCUT2D eigenvalue weighted by molar-refractivity contribution is 8.00. The Kier molecular flexibility index (Phi) is 5.24. The molecular formula is C14H19NO3S. The summed E-state index contributed by atoms with van der Waals surface area (Å²) < 4.78 is 0. The van der Waals surface area contributed by atoms with Crippen LogP contribution in [0.15, 0.2) is 23.1 Å². The lowest BCUT2D eigenvalue weighted by atomic mass is 10.1. The zero-order chi connectivity index (χ0) is 13.7. The van der Waals surface area contributed by atoms with E-state index in [0.717, 1.165) is 11.3 Å². The van der Waals surface area contributed by atoms with E-state index in [-0.39, 0.29) is 19.1 Å². The molecule has 1 amide bonds. The van der Waals surface area contributed by atoms with E-state index in [1.165, 1.54) is 35.7 Å². The number of aliphatic hydroxyl groups excluding tert-OH is 2. The van der Waals surface area contributed by atoms with Crippen LogP contribution >= 0.6 is 11.8 Å². The second kappa shape index (κ2) is 6.93. The predicted molar refractivity (Wildman–Crippen MR) is 75.3 cm³/mol. The van der Waals surface area contributed by atoms with E-state index in [4.69, 9.17) is 10.2 Å². The van der Waals surface area contributed by atoms with Crippen LogP contribution in [0.3, 0.4) is 0 Å². The number of aryl methyl sites for hydroxylation is 2. The summed E-state index contributed by atoms with van der Waals surface area (Å²) in [5.74, 6) is 0.203. The van der Waals surface area contributed by atoms with Crippen molar-refractivity contribution in [3.63, 3.8) is 0 Å². The second-order valence-electron chi connectivity index (χ2n) is 4.71. The number of amides is 1. The molecule has 1 aliphatic carbocycles. The summed E-state index contributed by atoms with van der Waals surface area (Å²) in [5, 5.41) is 20.4. The van der Waals surface area contributed by atoms with Gasteiger partial charge in [0.2, 0.25) is 5.91 Å². The molecule has 0 radical (unpaired) electrons. The van der Waals surface area contributed by atoms with Crippen LogP contribution in [0.2, 0.25) is 0 Å². The smallest absolute Gasteiger partial charge is 0.230 e. The number of nitrogens with one attached hydrogen (secondary N) is 1. The minimum absolute atomic E-state index is 0.0973. The molecule has 19 heavy (non-hydrogen) atoms. The largest absolute Gasteiger partial charge is 0.394 e. The maximum absolute atomic E-state index is 11.5. The highest BCUT2D eigenvalue weighted by atomic mass is 32.2. The van der Waals surface area contributed by atoms with E-state index in [1.54, 1.807) is 0 Å². The van der Waals surface area contributed by atoms with Crippen LogP contribution in [-0.2, 0) is 17.6 Å². The van der Waals surface area contributed by atoms with Crippen molar-refractivity contribution in [2.45, 2.75) is 30.3 Å². The van der Waals surface area contributed by atoms with Crippen molar-refractivity contribution in [1.82, 2.24) is 5.32 Å². The van der Waals surface area contributed by atoms with E-state index in [2.05, 4.69) is 23.5 Å². The van der Waals surface area contributed by atoms with E-state index < -0.39 is 6.10 Å². The van der Waals surface area contributed by atoms with Crippen molar-refractivity contribution in [1.29, 1.82) is 0 Å². The van der Waals surface area contributed by atoms with E-state index in [1.807, 2.05) is 0 Å². The summed E-state index contributed by atoms with van der Waals surface area (Å²) in [5.41, 5.74) is 2.83. The molecule has 0 heterocycles. The van der Waals surface area contributed by atoms with Crippen molar-refractivity contribution < 1.29 is 15.0 Å². The summed E-state index contributed by atoms with van der Waals surface area (Å²) >= 11 is 1.50. The average molecular weight is 281 g/mol. The Hall–Kier alpha value is -1.04. The quantitative estimate of drug-likeness (QED) is 0.673. The van der Waals surface area contributed by atoms with Gasteiger partial charge < -0.3 is 15.5 Å². The molecule has 1 atom stereocenters. The maximum Gasteiger partial charge on any atom is 0.230 e. The molecule has 1 aromatic rings. The summed E-state index contributed by atoms with van der Waals surface area (Å²) in [7, 11) is 0. The first-order valence-electron chi connectivity index (χ1n) is 6.49. The minimum Gasteiger partial charge on any atom is -0.394 e. The molecule has 2 rings (SSSR count). The number of rotatable bonds is 6. The second-order valence-corrected chi connectivity index (χ2v) is 5.76. The highest BCUT2D eigenvalue weighted by Gasteiger charge is 2.12. The normalized spacial score (nSPS) is 15.1. The zero-order valence-electron chi connectivity index (χ0n) is 10.8. The lowest BCUT2D eigenvalue weighted by Gasteiger charge is -2.09. The number of thioether (sulfide) groups is 1. The van der Waals surface area contributed by atoms with Gasteiger partial charge in [0.05, 0.1) is 18.5 Å². The van der Waals surface area contributed by atoms with Crippen molar-refractivity contribution in [2.75, 3.05) is 18.9 Å². The number of benzene rings is 1. The Morgan fingerprint density at radius 1 is 1.37 bits per heavy atom. The van der Waals surface area contributed by atoms with Gasteiger partial charge in [-0.2, -0.15) is 0 Å². The summed E-state index contributed by atoms with van der Waals surface area (Å²) in [6.45, 7) is -0.238. The first kappa shape index (κ1) is 14.4. The van der Waals surface area contributed by atoms with Crippen LogP contribution in [0.1, 0.15) is 17.5 Å². The van der Waals surface area contributed by atoms with Crippen molar-refractivity contribution >= 4 is 17.7 Å². The zero-order valence-corrected chi connectivity index (χ0v) is 11.6. The molecule has 0 aliphatic heterocycles. The van der Waals surface area contributed by atoms with E-state index in [9.17, 15) is 4.79 Å². The van der Waals surface area contributed by atoms with Crippen LogP contribution in [0.25, 0.3) is 0 Å². The number of hydrogen-bond acceptors (Lipinski definition) is 4. The Labute approximate surface area is 117 Å². The van der Waals surface area contributed by atoms with E-state index >= 15 is 0 Å². The summed E-state index contributed by atoms with van der Waals surface area (Å²) in [6.07, 6.45) is 2.65. The Bertz CT molecular complexity index is 450. The first-order valence-corrected chi connectivity index (χ1v) is 7.48. The Balaban J connectivity index is 1.77. The molecule has 0 fully saturated rings. The van der Waals surface area contributed by atoms with Gasteiger partial charge in [0.25, 0.3) is 0 Å². The number of fused-ring (bicyclic) bond motifs is 1. The molecule has 3 N–H and O–H groups in total. The molecule has 1 unspecified atom stereocenters. The van der Waals surface area contributed by atoms with Crippen molar-refractivity contribution in [3.8, 4) is 0 Å². The Morgan fingerprint density at radius 2 is 2.16 bits per heavy atom. The molecule has 0 saturated heterocycles. The van der Waals surface area contributed by atoms with Gasteiger partial charge in [-0.05, 0) is 42.5 Å². The molecule has 0 bridgehead atoms. The molecule has 0 saturated carbocycles. The van der Waals surface area contributed by atoms with Crippen LogP contribution in [0.4, 0.5) is 0 Å². The molecule has 0 spiro atoms. The molecule has 4 nitrogen and oxygen atoms in total. The lowest BCUT2D eigenvalue weighted by Crippen LogP contribution is -2.34. The first-order chi connectivity index (χ1) is 9.19. The third kappa shape index (κ3) is 4.23. The fraction of sp³-hybridized carbons (Fsp3) is 0.500. The predicted octanol–water partition coefficient (Wildman–Crippen LogP) is 0.737. The molecule has 104 valence electrons. The van der Waals surface area contributed by atoms with Gasteiger partial charge in [-0.3, -0.25) is 4.79 Å². The van der Waals surface area contributed by atoms with Crippen molar-refractivity contribution in [3.05, 3.63) is 29.3 Å². The van der Waals surface area contributed by atoms with Gasteiger partial charge in [-0.1, -0.05) is 6.07 Å². The SMILES string of the molecule is O=C(CSc1ccc2c(c1)CCC2)NCC(O)CO. The fourth-order valence-electron chi connectivity index (χ4n) is 2.13. The van der Waals surface area contributed by atoms with Crippen LogP contribution in [0.5, 0.6) is 0 Å². The molecule has 1 aromatic carbocycles. The van der Waals surface area contributed by atoms with Crippen LogP contribution in [-0.4, -0.2) is 41.1 Å². The van der Waals surface area contributed by atoms with E-state index in [0.29, 0.717) is 5.75 Å². The average Bonchev–Trinajstić information content (AvgIpc) is 2.89. The fourth-order valence-corrected chi connectivity index (χ4v) is 2.92. The van der Waals surface area contributed by atoms with Crippen LogP contribution < -0.4 is 5.32 Å². The third-order valence-corrected chi connectivity index (χ3v) is 4.18. The number of carbonyl (C=O) groups is 1. The molecule has 5 heteroatoms. The van der Waals surface area contributed by atoms with Crippen molar-refractivity contribution in [2.24, 2.45) is 0 Å². The topological polar surface area (TPSA) is 69.6 Å². The van der Waals surface area contributed by atoms with Gasteiger partial charge in [-0.25, -0.2) is 0 Å². The van der Waals surface area contributed by atoms with Gasteiger partial charge in [0.15, 0.2) is 0 Å². The maximum atomic E-state index is 11.5. The number of aliphatic hydroxyl groups is 2. The summed E-state index contributed by atoms with van der Waals surface area (Å²) in [4.78, 5) is 12.7. The minimum atomic E-state index is -0.881. The van der Waals surface area contributed by atoms with Gasteiger partial charge >= 0.3 is 0 Å². The van der Waals surface area contributed by atoms with Crippen LogP contribution in [0, 0.1) is 0 Å². The van der Waals surface area contributed by atoms with Gasteiger partial charge in [0, 0.05) is 11.4 Å². The standard InChI is InChI=1S/C14H19NO3S/c16-8-12(17)7-15-14(18)9-19-13-5-4-10-2-1-3-11(10)6-13/h4-6,12,16-17H,1-3,7-9H2,(H,15,18). The monoisotopic (exact) mass is 281 g/mol. The van der Waals surface area contributed by atoms with Gasteiger partial charge in [0.1, 0.15) is 0 Å². The van der Waals surface area contributed by atoms with Gasteiger partial charge in [-0.15, -0.1) is 11.8 Å².